The van der Waals surface area contributed by atoms with Crippen LogP contribution in [0.4, 0.5) is 0 Å². The maximum Gasteiger partial charge on any atom is 0.0960 e. The Bertz CT molecular complexity index is 926. The average Bonchev–Trinajstić information content (AvgIpc) is 3.64. The fourth-order valence-corrected chi connectivity index (χ4v) is 10.1. The molecule has 4 nitrogen and oxygen atoms in total. The molecule has 0 amide bonds. The van der Waals surface area contributed by atoms with Crippen molar-refractivity contribution in [1.29, 1.82) is 0 Å². The van der Waals surface area contributed by atoms with Gasteiger partial charge in [-0.05, 0) is 123 Å². The predicted molar refractivity (Wildman–Crippen MR) is 146 cm³/mol. The van der Waals surface area contributed by atoms with Crippen LogP contribution < -0.4 is 0 Å². The van der Waals surface area contributed by atoms with E-state index >= 15 is 0 Å². The molecule has 1 aliphatic heterocycles. The number of aliphatic hydroxyl groups is 1. The van der Waals surface area contributed by atoms with Crippen molar-refractivity contribution in [2.75, 3.05) is 39.5 Å². The van der Waals surface area contributed by atoms with Crippen molar-refractivity contribution in [3.8, 4) is 0 Å². The van der Waals surface area contributed by atoms with Crippen LogP contribution in [0.15, 0.2) is 28.5 Å². The Morgan fingerprint density at radius 3 is 2.64 bits per heavy atom. The number of hydrogen-bond acceptors (Lipinski definition) is 5. The maximum absolute atomic E-state index is 12.0. The normalized spacial score (nSPS) is 42.6. The van der Waals surface area contributed by atoms with Gasteiger partial charge in [0.05, 0.1) is 31.5 Å². The Balaban J connectivity index is 1.06. The first-order valence-electron chi connectivity index (χ1n) is 14.8. The van der Waals surface area contributed by atoms with Gasteiger partial charge in [0.15, 0.2) is 0 Å². The number of nitrogens with zero attached hydrogens (tertiary/aromatic N) is 1. The number of rotatable bonds is 8. The molecule has 6 rings (SSSR count). The molecule has 1 aromatic heterocycles. The standard InChI is InChI=1S/C31H47NO3S/c1-29-11-7-25(35-19-18-34-17-16-32-14-3-4-15-32)21-23(29)5-6-26-27(29)8-12-30(2)28(26)9-13-31(30,33)24-10-20-36-22-24/h10,20-22,25-28,33H,3-9,11-19H2,1-2H3/t25-,26+,27-,28-,29-,30-,31+/m0/s1. The summed E-state index contributed by atoms with van der Waals surface area (Å²) in [5, 5.41) is 16.3. The number of allylic oxidation sites excluding steroid dienone is 1. The summed E-state index contributed by atoms with van der Waals surface area (Å²) >= 11 is 1.73. The van der Waals surface area contributed by atoms with Gasteiger partial charge in [-0.15, -0.1) is 0 Å². The van der Waals surface area contributed by atoms with E-state index in [9.17, 15) is 5.11 Å². The molecule has 1 saturated heterocycles. The quantitative estimate of drug-likeness (QED) is 0.323. The summed E-state index contributed by atoms with van der Waals surface area (Å²) in [5.41, 5.74) is 2.55. The van der Waals surface area contributed by atoms with Crippen LogP contribution in [0.25, 0.3) is 0 Å². The van der Waals surface area contributed by atoms with Crippen molar-refractivity contribution < 1.29 is 14.6 Å². The van der Waals surface area contributed by atoms with Gasteiger partial charge >= 0.3 is 0 Å². The molecule has 3 saturated carbocycles. The summed E-state index contributed by atoms with van der Waals surface area (Å²) in [5.74, 6) is 2.15. The van der Waals surface area contributed by atoms with E-state index in [-0.39, 0.29) is 11.5 Å². The third-order valence-corrected chi connectivity index (χ3v) is 12.2. The molecule has 4 fully saturated rings. The van der Waals surface area contributed by atoms with Crippen LogP contribution >= 0.6 is 11.3 Å². The molecule has 0 radical (unpaired) electrons. The zero-order valence-corrected chi connectivity index (χ0v) is 23.4. The smallest absolute Gasteiger partial charge is 0.0960 e. The molecule has 0 unspecified atom stereocenters. The highest BCUT2D eigenvalue weighted by Crippen LogP contribution is 2.69. The molecular formula is C31H47NO3S. The second-order valence-electron chi connectivity index (χ2n) is 13.0. The maximum atomic E-state index is 12.0. The summed E-state index contributed by atoms with van der Waals surface area (Å²) < 4.78 is 12.2. The predicted octanol–water partition coefficient (Wildman–Crippen LogP) is 6.40. The summed E-state index contributed by atoms with van der Waals surface area (Å²) in [7, 11) is 0. The van der Waals surface area contributed by atoms with Crippen LogP contribution in [0.2, 0.25) is 0 Å². The first-order valence-corrected chi connectivity index (χ1v) is 15.8. The number of likely N-dealkylation sites (tertiary alicyclic amines) is 1. The van der Waals surface area contributed by atoms with E-state index in [0.29, 0.717) is 24.5 Å². The lowest BCUT2D eigenvalue weighted by molar-refractivity contribution is -0.133. The zero-order valence-electron chi connectivity index (χ0n) is 22.6. The minimum absolute atomic E-state index is 0.0158. The Morgan fingerprint density at radius 1 is 1.00 bits per heavy atom. The molecule has 0 bridgehead atoms. The lowest BCUT2D eigenvalue weighted by Crippen LogP contribution is -2.53. The lowest BCUT2D eigenvalue weighted by Gasteiger charge is -2.59. The molecule has 5 heteroatoms. The van der Waals surface area contributed by atoms with Crippen LogP contribution in [-0.2, 0) is 15.1 Å². The van der Waals surface area contributed by atoms with Gasteiger partial charge in [-0.1, -0.05) is 25.5 Å². The van der Waals surface area contributed by atoms with Gasteiger partial charge in [0.2, 0.25) is 0 Å². The summed E-state index contributed by atoms with van der Waals surface area (Å²) in [6.07, 6.45) is 14.9. The fraction of sp³-hybridized carbons (Fsp3) is 0.806. The van der Waals surface area contributed by atoms with Gasteiger partial charge in [-0.3, -0.25) is 0 Å². The van der Waals surface area contributed by atoms with Gasteiger partial charge in [0.25, 0.3) is 0 Å². The first kappa shape index (κ1) is 25.6. The minimum Gasteiger partial charge on any atom is -0.385 e. The Hall–Kier alpha value is -0.720. The van der Waals surface area contributed by atoms with Crippen molar-refractivity contribution in [2.45, 2.75) is 89.8 Å². The fourth-order valence-electron chi connectivity index (χ4n) is 9.38. The molecular weight excluding hydrogens is 466 g/mol. The van der Waals surface area contributed by atoms with Crippen molar-refractivity contribution in [1.82, 2.24) is 4.90 Å². The van der Waals surface area contributed by atoms with E-state index in [1.165, 1.54) is 63.6 Å². The lowest BCUT2D eigenvalue weighted by atomic mass is 9.46. The molecule has 4 aliphatic carbocycles. The first-order chi connectivity index (χ1) is 17.4. The highest BCUT2D eigenvalue weighted by atomic mass is 32.1. The Kier molecular flexibility index (Phi) is 7.18. The van der Waals surface area contributed by atoms with E-state index in [1.807, 2.05) is 0 Å². The Labute approximate surface area is 222 Å². The van der Waals surface area contributed by atoms with Crippen LogP contribution in [0.1, 0.15) is 83.6 Å². The number of fused-ring (bicyclic) bond motifs is 5. The molecule has 0 aromatic carbocycles. The summed E-state index contributed by atoms with van der Waals surface area (Å²) in [4.78, 5) is 2.51. The van der Waals surface area contributed by atoms with E-state index < -0.39 is 5.60 Å². The zero-order chi connectivity index (χ0) is 24.8. The van der Waals surface area contributed by atoms with Crippen LogP contribution in [-0.4, -0.2) is 55.6 Å². The van der Waals surface area contributed by atoms with Crippen LogP contribution in [0.3, 0.4) is 0 Å². The third-order valence-electron chi connectivity index (χ3n) is 11.5. The van der Waals surface area contributed by atoms with Crippen molar-refractivity contribution in [3.63, 3.8) is 0 Å². The molecule has 1 aromatic rings. The van der Waals surface area contributed by atoms with E-state index in [2.05, 4.69) is 41.6 Å². The highest BCUT2D eigenvalue weighted by molar-refractivity contribution is 7.08. The van der Waals surface area contributed by atoms with E-state index in [0.717, 1.165) is 44.2 Å². The summed E-state index contributed by atoms with van der Waals surface area (Å²) in [6, 6.07) is 2.17. The number of hydrogen-bond donors (Lipinski definition) is 1. The number of ether oxygens (including phenoxy) is 2. The van der Waals surface area contributed by atoms with E-state index in [1.54, 1.807) is 16.9 Å². The van der Waals surface area contributed by atoms with Crippen molar-refractivity contribution in [3.05, 3.63) is 34.0 Å². The average molecular weight is 514 g/mol. The molecule has 5 aliphatic rings. The summed E-state index contributed by atoms with van der Waals surface area (Å²) in [6.45, 7) is 10.8. The van der Waals surface area contributed by atoms with Crippen LogP contribution in [0.5, 0.6) is 0 Å². The van der Waals surface area contributed by atoms with Gasteiger partial charge in [-0.2, -0.15) is 11.3 Å². The molecule has 2 heterocycles. The van der Waals surface area contributed by atoms with Gasteiger partial charge in [-0.25, -0.2) is 0 Å². The van der Waals surface area contributed by atoms with Gasteiger partial charge in [0.1, 0.15) is 0 Å². The second kappa shape index (κ2) is 10.1. The van der Waals surface area contributed by atoms with Gasteiger partial charge in [0, 0.05) is 12.0 Å². The van der Waals surface area contributed by atoms with Crippen molar-refractivity contribution in [2.24, 2.45) is 28.6 Å². The van der Waals surface area contributed by atoms with Gasteiger partial charge < -0.3 is 19.5 Å². The Morgan fingerprint density at radius 2 is 1.83 bits per heavy atom. The minimum atomic E-state index is -0.637. The largest absolute Gasteiger partial charge is 0.385 e. The number of thiophene rings is 1. The SMILES string of the molecule is C[C@]12CC[C@H](OCCOCCN3CCCC3)C=C1CC[C@@H]1[C@@H]2CC[C@@]2(C)[C@H]1CC[C@@]2(O)c1ccsc1. The van der Waals surface area contributed by atoms with E-state index in [4.69, 9.17) is 9.47 Å². The highest BCUT2D eigenvalue weighted by Gasteiger charge is 2.64. The molecule has 7 atom stereocenters. The molecule has 0 spiro atoms. The topological polar surface area (TPSA) is 41.9 Å². The molecule has 36 heavy (non-hydrogen) atoms. The van der Waals surface area contributed by atoms with Crippen LogP contribution in [0, 0.1) is 28.6 Å². The monoisotopic (exact) mass is 513 g/mol. The molecule has 1 N–H and O–H groups in total. The third kappa shape index (κ3) is 4.25. The second-order valence-corrected chi connectivity index (χ2v) is 13.8. The van der Waals surface area contributed by atoms with Crippen molar-refractivity contribution >= 4 is 11.3 Å². The molecule has 200 valence electrons.